The van der Waals surface area contributed by atoms with E-state index in [4.69, 9.17) is 9.84 Å². The van der Waals surface area contributed by atoms with Crippen LogP contribution in [-0.4, -0.2) is 61.3 Å². The highest BCUT2D eigenvalue weighted by Crippen LogP contribution is 2.16. The summed E-state index contributed by atoms with van der Waals surface area (Å²) < 4.78 is 5.48. The molecule has 1 amide bonds. The van der Waals surface area contributed by atoms with Crippen molar-refractivity contribution in [2.75, 3.05) is 34.0 Å². The molecule has 0 aliphatic heterocycles. The van der Waals surface area contributed by atoms with Gasteiger partial charge in [0.05, 0.1) is 6.61 Å². The van der Waals surface area contributed by atoms with E-state index in [0.717, 1.165) is 6.42 Å². The molecule has 114 valence electrons. The molecule has 0 aliphatic carbocycles. The summed E-state index contributed by atoms with van der Waals surface area (Å²) in [6.07, 6.45) is 1.02. The molecule has 0 saturated carbocycles. The van der Waals surface area contributed by atoms with E-state index in [0.29, 0.717) is 13.0 Å². The van der Waals surface area contributed by atoms with E-state index >= 15 is 0 Å². The minimum Gasteiger partial charge on any atom is -0.377 e. The summed E-state index contributed by atoms with van der Waals surface area (Å²) in [5, 5.41) is 20.6. The van der Waals surface area contributed by atoms with Crippen molar-refractivity contribution < 1.29 is 19.7 Å². The highest BCUT2D eigenvalue weighted by atomic mass is 16.5. The lowest BCUT2D eigenvalue weighted by molar-refractivity contribution is -0.126. The molecule has 0 bridgehead atoms. The van der Waals surface area contributed by atoms with Crippen LogP contribution in [0.4, 0.5) is 0 Å². The summed E-state index contributed by atoms with van der Waals surface area (Å²) in [4.78, 5) is 13.2. The molecule has 0 spiro atoms. The molecule has 6 heteroatoms. The van der Waals surface area contributed by atoms with E-state index < -0.39 is 6.23 Å². The predicted molar refractivity (Wildman–Crippen MR) is 73.3 cm³/mol. The standard InChI is InChI=1S/C13H28N2O4/c1-5-11(6-10(2)13(18)14-9-16)7-19-8-12(17)15(3)4/h10-12,16-17H,5-9H2,1-4H3,(H,14,18). The van der Waals surface area contributed by atoms with Crippen LogP contribution in [0.3, 0.4) is 0 Å². The molecule has 0 aromatic carbocycles. The van der Waals surface area contributed by atoms with Crippen molar-refractivity contribution in [3.05, 3.63) is 0 Å². The van der Waals surface area contributed by atoms with Crippen LogP contribution in [0, 0.1) is 11.8 Å². The smallest absolute Gasteiger partial charge is 0.224 e. The maximum absolute atomic E-state index is 11.5. The molecular weight excluding hydrogens is 248 g/mol. The zero-order valence-corrected chi connectivity index (χ0v) is 12.4. The Bertz CT molecular complexity index is 249. The van der Waals surface area contributed by atoms with Gasteiger partial charge in [0.1, 0.15) is 13.0 Å². The quantitative estimate of drug-likeness (QED) is 0.489. The van der Waals surface area contributed by atoms with Gasteiger partial charge in [0.15, 0.2) is 0 Å². The molecule has 0 aromatic rings. The number of likely N-dealkylation sites (N-methyl/N-ethyl adjacent to an activating group) is 1. The van der Waals surface area contributed by atoms with Gasteiger partial charge in [-0.2, -0.15) is 0 Å². The van der Waals surface area contributed by atoms with Crippen molar-refractivity contribution in [1.82, 2.24) is 10.2 Å². The number of nitrogens with zero attached hydrogens (tertiary/aromatic N) is 1. The Hall–Kier alpha value is -0.690. The summed E-state index contributed by atoms with van der Waals surface area (Å²) >= 11 is 0. The van der Waals surface area contributed by atoms with Crippen molar-refractivity contribution in [2.24, 2.45) is 11.8 Å². The molecule has 0 aliphatic rings. The summed E-state index contributed by atoms with van der Waals surface area (Å²) in [7, 11) is 3.57. The summed E-state index contributed by atoms with van der Waals surface area (Å²) in [6.45, 7) is 4.35. The van der Waals surface area contributed by atoms with Crippen LogP contribution in [0.15, 0.2) is 0 Å². The fourth-order valence-corrected chi connectivity index (χ4v) is 1.70. The Morgan fingerprint density at radius 1 is 1.37 bits per heavy atom. The Morgan fingerprint density at radius 3 is 2.47 bits per heavy atom. The van der Waals surface area contributed by atoms with Gasteiger partial charge in [-0.15, -0.1) is 0 Å². The lowest BCUT2D eigenvalue weighted by atomic mass is 9.94. The molecule has 3 unspecified atom stereocenters. The minimum absolute atomic E-state index is 0.144. The third-order valence-corrected chi connectivity index (χ3v) is 3.18. The van der Waals surface area contributed by atoms with E-state index in [2.05, 4.69) is 5.32 Å². The summed E-state index contributed by atoms with van der Waals surface area (Å²) in [5.41, 5.74) is 0. The molecule has 3 N–H and O–H groups in total. The topological polar surface area (TPSA) is 82.0 Å². The Labute approximate surface area is 115 Å². The van der Waals surface area contributed by atoms with Crippen LogP contribution in [0.2, 0.25) is 0 Å². The lowest BCUT2D eigenvalue weighted by Gasteiger charge is -2.22. The zero-order valence-electron chi connectivity index (χ0n) is 12.4. The van der Waals surface area contributed by atoms with Crippen molar-refractivity contribution >= 4 is 5.91 Å². The van der Waals surface area contributed by atoms with Crippen LogP contribution in [-0.2, 0) is 9.53 Å². The number of rotatable bonds is 10. The second-order valence-electron chi connectivity index (χ2n) is 5.09. The van der Waals surface area contributed by atoms with Gasteiger partial charge in [-0.1, -0.05) is 20.3 Å². The lowest BCUT2D eigenvalue weighted by Crippen LogP contribution is -2.33. The van der Waals surface area contributed by atoms with Gasteiger partial charge in [0.2, 0.25) is 5.91 Å². The Kier molecular flexibility index (Phi) is 9.77. The van der Waals surface area contributed by atoms with Gasteiger partial charge in [0.25, 0.3) is 0 Å². The number of hydrogen-bond acceptors (Lipinski definition) is 5. The van der Waals surface area contributed by atoms with Gasteiger partial charge in [-0.05, 0) is 26.4 Å². The number of ether oxygens (including phenoxy) is 1. The van der Waals surface area contributed by atoms with Crippen LogP contribution < -0.4 is 5.32 Å². The number of carbonyl (C=O) groups excluding carboxylic acids is 1. The number of aliphatic hydroxyl groups is 2. The maximum atomic E-state index is 11.5. The summed E-state index contributed by atoms with van der Waals surface area (Å²) in [5.74, 6) is -0.0254. The monoisotopic (exact) mass is 276 g/mol. The van der Waals surface area contributed by atoms with E-state index in [9.17, 15) is 9.90 Å². The molecule has 0 aromatic heterocycles. The van der Waals surface area contributed by atoms with E-state index in [1.807, 2.05) is 13.8 Å². The first kappa shape index (κ1) is 18.3. The van der Waals surface area contributed by atoms with Crippen LogP contribution in [0.1, 0.15) is 26.7 Å². The third-order valence-electron chi connectivity index (χ3n) is 3.18. The Morgan fingerprint density at radius 2 is 2.00 bits per heavy atom. The van der Waals surface area contributed by atoms with E-state index in [1.54, 1.807) is 19.0 Å². The number of hydrogen-bond donors (Lipinski definition) is 3. The van der Waals surface area contributed by atoms with Crippen LogP contribution in [0.5, 0.6) is 0 Å². The van der Waals surface area contributed by atoms with Crippen LogP contribution >= 0.6 is 0 Å². The molecule has 0 fully saturated rings. The van der Waals surface area contributed by atoms with Gasteiger partial charge < -0.3 is 20.3 Å². The molecule has 0 heterocycles. The normalized spacial score (nSPS) is 16.2. The molecular formula is C13H28N2O4. The maximum Gasteiger partial charge on any atom is 0.224 e. The number of nitrogens with one attached hydrogen (secondary N) is 1. The third kappa shape index (κ3) is 8.15. The van der Waals surface area contributed by atoms with Crippen molar-refractivity contribution in [3.63, 3.8) is 0 Å². The fourth-order valence-electron chi connectivity index (χ4n) is 1.70. The first-order valence-corrected chi connectivity index (χ1v) is 6.73. The van der Waals surface area contributed by atoms with Crippen LogP contribution in [0.25, 0.3) is 0 Å². The number of carbonyl (C=O) groups is 1. The second-order valence-corrected chi connectivity index (χ2v) is 5.09. The Balaban J connectivity index is 3.97. The molecule has 3 atom stereocenters. The van der Waals surface area contributed by atoms with Gasteiger partial charge >= 0.3 is 0 Å². The highest BCUT2D eigenvalue weighted by Gasteiger charge is 2.18. The van der Waals surface area contributed by atoms with Gasteiger partial charge in [-0.3, -0.25) is 9.69 Å². The molecule has 0 radical (unpaired) electrons. The fraction of sp³-hybridized carbons (Fsp3) is 0.923. The number of aliphatic hydroxyl groups excluding tert-OH is 2. The average molecular weight is 276 g/mol. The zero-order chi connectivity index (χ0) is 14.8. The molecule has 6 nitrogen and oxygen atoms in total. The summed E-state index contributed by atoms with van der Waals surface area (Å²) in [6, 6.07) is 0. The predicted octanol–water partition coefficient (Wildman–Crippen LogP) is 0.00140. The largest absolute Gasteiger partial charge is 0.377 e. The van der Waals surface area contributed by atoms with Gasteiger partial charge in [-0.25, -0.2) is 0 Å². The highest BCUT2D eigenvalue weighted by molar-refractivity contribution is 5.78. The van der Waals surface area contributed by atoms with Gasteiger partial charge in [0, 0.05) is 12.5 Å². The first-order valence-electron chi connectivity index (χ1n) is 6.73. The van der Waals surface area contributed by atoms with Crippen molar-refractivity contribution in [1.29, 1.82) is 0 Å². The SMILES string of the molecule is CCC(COCC(O)N(C)C)CC(C)C(=O)NCO. The second kappa shape index (κ2) is 10.1. The van der Waals surface area contributed by atoms with Crippen molar-refractivity contribution in [2.45, 2.75) is 32.9 Å². The molecule has 0 rings (SSSR count). The molecule has 19 heavy (non-hydrogen) atoms. The first-order chi connectivity index (χ1) is 8.92. The molecule has 0 saturated heterocycles. The van der Waals surface area contributed by atoms with Crippen molar-refractivity contribution in [3.8, 4) is 0 Å². The van der Waals surface area contributed by atoms with E-state index in [1.165, 1.54) is 0 Å². The minimum atomic E-state index is -0.604. The number of amides is 1. The average Bonchev–Trinajstić information content (AvgIpc) is 2.37. The van der Waals surface area contributed by atoms with E-state index in [-0.39, 0.29) is 31.1 Å².